The molecule has 2 aromatic heterocycles. The van der Waals surface area contributed by atoms with Crippen molar-refractivity contribution in [2.24, 2.45) is 0 Å². The maximum Gasteiger partial charge on any atom is 0.154 e. The van der Waals surface area contributed by atoms with Gasteiger partial charge in [0.25, 0.3) is 0 Å². The zero-order valence-electron chi connectivity index (χ0n) is 13.3. The highest BCUT2D eigenvalue weighted by Gasteiger charge is 2.31. The fourth-order valence-electron chi connectivity index (χ4n) is 3.39. The first-order valence-corrected chi connectivity index (χ1v) is 8.28. The van der Waals surface area contributed by atoms with Gasteiger partial charge in [0.05, 0.1) is 17.6 Å². The minimum Gasteiger partial charge on any atom is -0.506 e. The van der Waals surface area contributed by atoms with E-state index in [1.165, 1.54) is 0 Å². The van der Waals surface area contributed by atoms with Gasteiger partial charge in [0.15, 0.2) is 5.65 Å². The normalized spacial score (nSPS) is 17.0. The van der Waals surface area contributed by atoms with Crippen molar-refractivity contribution in [1.82, 2.24) is 14.6 Å². The van der Waals surface area contributed by atoms with E-state index in [0.29, 0.717) is 18.5 Å². The highest BCUT2D eigenvalue weighted by molar-refractivity contribution is 5.81. The van der Waals surface area contributed by atoms with E-state index in [-0.39, 0.29) is 5.75 Å². The van der Waals surface area contributed by atoms with Gasteiger partial charge in [-0.05, 0) is 43.9 Å². The first kappa shape index (κ1) is 15.0. The first-order chi connectivity index (χ1) is 11.7. The molecule has 0 aliphatic heterocycles. The van der Waals surface area contributed by atoms with Crippen LogP contribution in [0.3, 0.4) is 0 Å². The van der Waals surface area contributed by atoms with Crippen LogP contribution in [0, 0.1) is 0 Å². The number of aromatic hydroxyl groups is 1. The lowest BCUT2D eigenvalue weighted by atomic mass is 9.91. The Labute approximate surface area is 139 Å². The minimum atomic E-state index is -0.986. The van der Waals surface area contributed by atoms with Crippen molar-refractivity contribution in [3.8, 4) is 17.0 Å². The molecular formula is C18H20N4O2. The number of hydrogen-bond donors (Lipinski definition) is 3. The SMILES string of the molecule is Oc1cccc(-c2cnc3cccnn23)c1NC1(O)CCCCC1. The van der Waals surface area contributed by atoms with E-state index in [1.54, 1.807) is 29.0 Å². The number of aromatic nitrogens is 3. The standard InChI is InChI=1S/C18H20N4O2/c23-15-7-4-6-13(14-12-19-16-8-5-11-20-22(14)16)17(15)21-18(24)9-2-1-3-10-18/h4-8,11-12,21,23-24H,1-3,9-10H2. The zero-order valence-corrected chi connectivity index (χ0v) is 13.3. The number of anilines is 1. The molecule has 0 unspecified atom stereocenters. The van der Waals surface area contributed by atoms with Gasteiger partial charge in [-0.3, -0.25) is 0 Å². The molecule has 1 saturated carbocycles. The van der Waals surface area contributed by atoms with E-state index < -0.39 is 5.72 Å². The Hall–Kier alpha value is -2.60. The summed E-state index contributed by atoms with van der Waals surface area (Å²) in [7, 11) is 0. The highest BCUT2D eigenvalue weighted by atomic mass is 16.3. The number of fused-ring (bicyclic) bond motifs is 1. The predicted molar refractivity (Wildman–Crippen MR) is 91.7 cm³/mol. The van der Waals surface area contributed by atoms with Gasteiger partial charge in [0.2, 0.25) is 0 Å². The first-order valence-electron chi connectivity index (χ1n) is 8.28. The summed E-state index contributed by atoms with van der Waals surface area (Å²) in [6, 6.07) is 9.00. The number of rotatable bonds is 3. The molecule has 0 spiro atoms. The molecule has 0 amide bonds. The average molecular weight is 324 g/mol. The number of nitrogens with zero attached hydrogens (tertiary/aromatic N) is 3. The number of nitrogens with one attached hydrogen (secondary N) is 1. The Bertz CT molecular complexity index is 868. The van der Waals surface area contributed by atoms with E-state index in [0.717, 1.165) is 36.2 Å². The van der Waals surface area contributed by atoms with Gasteiger partial charge in [-0.15, -0.1) is 0 Å². The second kappa shape index (κ2) is 5.79. The van der Waals surface area contributed by atoms with Crippen LogP contribution in [-0.4, -0.2) is 30.5 Å². The smallest absolute Gasteiger partial charge is 0.154 e. The molecular weight excluding hydrogens is 304 g/mol. The van der Waals surface area contributed by atoms with E-state index in [2.05, 4.69) is 15.4 Å². The average Bonchev–Trinajstić information content (AvgIpc) is 3.01. The van der Waals surface area contributed by atoms with Crippen molar-refractivity contribution in [3.05, 3.63) is 42.7 Å². The van der Waals surface area contributed by atoms with Crippen molar-refractivity contribution < 1.29 is 10.2 Å². The molecule has 1 fully saturated rings. The molecule has 1 aromatic carbocycles. The number of imidazole rings is 1. The molecule has 1 aliphatic rings. The largest absolute Gasteiger partial charge is 0.506 e. The topological polar surface area (TPSA) is 82.7 Å². The lowest BCUT2D eigenvalue weighted by Gasteiger charge is -2.34. The monoisotopic (exact) mass is 324 g/mol. The summed E-state index contributed by atoms with van der Waals surface area (Å²) in [6.07, 6.45) is 7.86. The maximum absolute atomic E-state index is 10.8. The van der Waals surface area contributed by atoms with Crippen LogP contribution >= 0.6 is 0 Å². The molecule has 1 aliphatic carbocycles. The van der Waals surface area contributed by atoms with Crippen LogP contribution in [0.2, 0.25) is 0 Å². The van der Waals surface area contributed by atoms with Gasteiger partial charge in [-0.2, -0.15) is 5.10 Å². The van der Waals surface area contributed by atoms with Crippen LogP contribution in [-0.2, 0) is 0 Å². The Kier molecular flexibility index (Phi) is 3.61. The molecule has 3 aromatic rings. The lowest BCUT2D eigenvalue weighted by molar-refractivity contribution is 0.0315. The van der Waals surface area contributed by atoms with Crippen LogP contribution in [0.25, 0.3) is 16.9 Å². The summed E-state index contributed by atoms with van der Waals surface area (Å²) in [6.45, 7) is 0. The molecule has 6 nitrogen and oxygen atoms in total. The molecule has 0 atom stereocenters. The maximum atomic E-state index is 10.8. The van der Waals surface area contributed by atoms with Gasteiger partial charge < -0.3 is 15.5 Å². The predicted octanol–water partition coefficient (Wildman–Crippen LogP) is 3.17. The lowest BCUT2D eigenvalue weighted by Crippen LogP contribution is -2.40. The molecule has 24 heavy (non-hydrogen) atoms. The summed E-state index contributed by atoms with van der Waals surface area (Å²) < 4.78 is 1.73. The van der Waals surface area contributed by atoms with Crippen molar-refractivity contribution in [2.75, 3.05) is 5.32 Å². The van der Waals surface area contributed by atoms with Crippen molar-refractivity contribution in [1.29, 1.82) is 0 Å². The highest BCUT2D eigenvalue weighted by Crippen LogP contribution is 2.39. The van der Waals surface area contributed by atoms with Crippen molar-refractivity contribution >= 4 is 11.3 Å². The number of benzene rings is 1. The summed E-state index contributed by atoms with van der Waals surface area (Å²) in [5.41, 5.74) is 1.80. The summed E-state index contributed by atoms with van der Waals surface area (Å²) in [4.78, 5) is 4.36. The second-order valence-corrected chi connectivity index (χ2v) is 6.35. The van der Waals surface area contributed by atoms with Gasteiger partial charge in [0.1, 0.15) is 11.5 Å². The quantitative estimate of drug-likeness (QED) is 0.509. The Morgan fingerprint density at radius 3 is 2.75 bits per heavy atom. The number of phenols is 1. The van der Waals surface area contributed by atoms with Crippen LogP contribution in [0.1, 0.15) is 32.1 Å². The molecule has 4 rings (SSSR count). The van der Waals surface area contributed by atoms with E-state index >= 15 is 0 Å². The number of hydrogen-bond acceptors (Lipinski definition) is 5. The van der Waals surface area contributed by atoms with Crippen molar-refractivity contribution in [3.63, 3.8) is 0 Å². The molecule has 2 heterocycles. The fourth-order valence-corrected chi connectivity index (χ4v) is 3.39. The number of para-hydroxylation sites is 1. The molecule has 0 bridgehead atoms. The molecule has 3 N–H and O–H groups in total. The molecule has 0 saturated heterocycles. The summed E-state index contributed by atoms with van der Waals surface area (Å²) in [5.74, 6) is 0.109. The van der Waals surface area contributed by atoms with Gasteiger partial charge in [-0.25, -0.2) is 9.50 Å². The minimum absolute atomic E-state index is 0.109. The second-order valence-electron chi connectivity index (χ2n) is 6.35. The van der Waals surface area contributed by atoms with E-state index in [4.69, 9.17) is 0 Å². The zero-order chi connectivity index (χ0) is 16.6. The number of aliphatic hydroxyl groups is 1. The third-order valence-corrected chi connectivity index (χ3v) is 4.63. The Balaban J connectivity index is 1.80. The third-order valence-electron chi connectivity index (χ3n) is 4.63. The van der Waals surface area contributed by atoms with Gasteiger partial charge in [-0.1, -0.05) is 18.6 Å². The summed E-state index contributed by atoms with van der Waals surface area (Å²) in [5, 5.41) is 28.7. The molecule has 124 valence electrons. The molecule has 6 heteroatoms. The van der Waals surface area contributed by atoms with E-state index in [9.17, 15) is 10.2 Å². The van der Waals surface area contributed by atoms with Crippen LogP contribution in [0.5, 0.6) is 5.75 Å². The van der Waals surface area contributed by atoms with E-state index in [1.807, 2.05) is 18.2 Å². The van der Waals surface area contributed by atoms with Crippen molar-refractivity contribution in [2.45, 2.75) is 37.8 Å². The van der Waals surface area contributed by atoms with Crippen LogP contribution in [0.15, 0.2) is 42.7 Å². The Morgan fingerprint density at radius 2 is 1.92 bits per heavy atom. The summed E-state index contributed by atoms with van der Waals surface area (Å²) >= 11 is 0. The Morgan fingerprint density at radius 1 is 1.08 bits per heavy atom. The van der Waals surface area contributed by atoms with Crippen LogP contribution < -0.4 is 5.32 Å². The third kappa shape index (κ3) is 2.59. The molecule has 0 radical (unpaired) electrons. The van der Waals surface area contributed by atoms with Gasteiger partial charge in [0, 0.05) is 11.8 Å². The van der Waals surface area contributed by atoms with Crippen LogP contribution in [0.4, 0.5) is 5.69 Å². The fraction of sp³-hybridized carbons (Fsp3) is 0.333. The van der Waals surface area contributed by atoms with Gasteiger partial charge >= 0.3 is 0 Å². The number of phenolic OH excluding ortho intramolecular Hbond substituents is 1.